The fourth-order valence-electron chi connectivity index (χ4n) is 2.45. The summed E-state index contributed by atoms with van der Waals surface area (Å²) < 4.78 is 0. The Labute approximate surface area is 137 Å². The highest BCUT2D eigenvalue weighted by molar-refractivity contribution is 5.60. The second-order valence-electron chi connectivity index (χ2n) is 4.74. The summed E-state index contributed by atoms with van der Waals surface area (Å²) in [5.74, 6) is 0. The predicted octanol–water partition coefficient (Wildman–Crippen LogP) is 2.26. The number of rotatable bonds is 6. The minimum Gasteiger partial charge on any atom is -0.258 e. The van der Waals surface area contributed by atoms with E-state index in [4.69, 9.17) is 0 Å². The van der Waals surface area contributed by atoms with Crippen LogP contribution in [0.15, 0.2) is 48.5 Å². The van der Waals surface area contributed by atoms with Crippen molar-refractivity contribution in [2.45, 2.75) is 5.66 Å². The van der Waals surface area contributed by atoms with Crippen molar-refractivity contribution >= 4 is 11.4 Å². The Balaban J connectivity index is 3.02. The molecule has 0 atom stereocenters. The van der Waals surface area contributed by atoms with Gasteiger partial charge in [-0.1, -0.05) is 24.3 Å². The first-order valence-corrected chi connectivity index (χ1v) is 6.51. The third kappa shape index (κ3) is 2.60. The average Bonchev–Trinajstić information content (AvgIpc) is 2.55. The van der Waals surface area contributed by atoms with Gasteiger partial charge in [0, 0.05) is 6.07 Å². The third-order valence-electron chi connectivity index (χ3n) is 3.47. The zero-order valence-corrected chi connectivity index (χ0v) is 12.2. The number of nitrogens with zero attached hydrogens (tertiary/aromatic N) is 4. The lowest BCUT2D eigenvalue weighted by Gasteiger charge is -2.17. The number of hydrogen-bond acceptors (Lipinski definition) is 8. The zero-order valence-electron chi connectivity index (χ0n) is 12.2. The average molecular weight is 348 g/mol. The first kappa shape index (κ1) is 17.4. The van der Waals surface area contributed by atoms with Gasteiger partial charge in [-0.25, -0.2) is 0 Å². The van der Waals surface area contributed by atoms with Gasteiger partial charge in [-0.05, 0) is 18.2 Å². The molecule has 0 bridgehead atoms. The highest BCUT2D eigenvalue weighted by atomic mass is 16.7. The molecule has 0 aliphatic carbocycles. The Morgan fingerprint density at radius 3 is 1.68 bits per heavy atom. The molecule has 0 saturated carbocycles. The number of nitro groups is 4. The Kier molecular flexibility index (Phi) is 4.36. The Hall–Kier alpha value is -3.96. The van der Waals surface area contributed by atoms with E-state index >= 15 is 0 Å². The maximum atomic E-state index is 11.7. The van der Waals surface area contributed by atoms with E-state index in [0.29, 0.717) is 0 Å². The van der Waals surface area contributed by atoms with Gasteiger partial charge < -0.3 is 0 Å². The molecule has 0 unspecified atom stereocenters. The molecule has 12 heteroatoms. The minimum atomic E-state index is -3.27. The molecule has 0 fully saturated rings. The summed E-state index contributed by atoms with van der Waals surface area (Å²) in [5, 5.41) is 45.8. The summed E-state index contributed by atoms with van der Waals surface area (Å²) in [6.45, 7) is 0. The van der Waals surface area contributed by atoms with E-state index < -0.39 is 47.9 Å². The van der Waals surface area contributed by atoms with E-state index in [-0.39, 0.29) is 0 Å². The summed E-state index contributed by atoms with van der Waals surface area (Å²) in [7, 11) is 0. The van der Waals surface area contributed by atoms with Gasteiger partial charge in [0.2, 0.25) is 0 Å². The Morgan fingerprint density at radius 2 is 1.24 bits per heavy atom. The molecule has 0 aliphatic heterocycles. The van der Waals surface area contributed by atoms with E-state index in [1.54, 1.807) is 0 Å². The minimum absolute atomic E-state index is 0.478. The topological polar surface area (TPSA) is 173 Å². The molecule has 0 heterocycles. The van der Waals surface area contributed by atoms with Crippen molar-refractivity contribution in [3.05, 3.63) is 100 Å². The van der Waals surface area contributed by atoms with Gasteiger partial charge in [-0.3, -0.25) is 40.5 Å². The van der Waals surface area contributed by atoms with Crippen LogP contribution < -0.4 is 0 Å². The van der Waals surface area contributed by atoms with E-state index in [2.05, 4.69) is 0 Å². The fourth-order valence-corrected chi connectivity index (χ4v) is 2.45. The van der Waals surface area contributed by atoms with Gasteiger partial charge >= 0.3 is 17.0 Å². The van der Waals surface area contributed by atoms with Crippen molar-refractivity contribution in [3.8, 4) is 0 Å². The van der Waals surface area contributed by atoms with E-state index in [0.717, 1.165) is 30.3 Å². The molecule has 2 aromatic carbocycles. The number of hydrogen-bond donors (Lipinski definition) is 0. The Bertz CT molecular complexity index is 869. The largest absolute Gasteiger partial charge is 0.517 e. The lowest BCUT2D eigenvalue weighted by molar-refractivity contribution is -0.796. The van der Waals surface area contributed by atoms with Crippen LogP contribution in [0, 0.1) is 40.5 Å². The van der Waals surface area contributed by atoms with Crippen LogP contribution in [0.4, 0.5) is 11.4 Å². The summed E-state index contributed by atoms with van der Waals surface area (Å²) in [5.41, 5.74) is -7.13. The van der Waals surface area contributed by atoms with Crippen molar-refractivity contribution in [2.24, 2.45) is 0 Å². The van der Waals surface area contributed by atoms with Crippen LogP contribution in [-0.2, 0) is 5.66 Å². The van der Waals surface area contributed by atoms with Crippen LogP contribution in [0.1, 0.15) is 11.1 Å². The summed E-state index contributed by atoms with van der Waals surface area (Å²) in [6, 6.07) is 8.53. The quantitative estimate of drug-likeness (QED) is 0.434. The number of nitro benzene ring substituents is 2. The molecule has 12 nitrogen and oxygen atoms in total. The van der Waals surface area contributed by atoms with Crippen LogP contribution in [-0.4, -0.2) is 19.7 Å². The van der Waals surface area contributed by atoms with Gasteiger partial charge in [-0.2, -0.15) is 0 Å². The molecule has 0 aliphatic rings. The van der Waals surface area contributed by atoms with Crippen molar-refractivity contribution < 1.29 is 19.7 Å². The molecule has 128 valence electrons. The van der Waals surface area contributed by atoms with Gasteiger partial charge in [-0.15, -0.1) is 0 Å². The van der Waals surface area contributed by atoms with Crippen molar-refractivity contribution in [1.29, 1.82) is 0 Å². The second kappa shape index (κ2) is 6.27. The highest BCUT2D eigenvalue weighted by Crippen LogP contribution is 2.42. The molecule has 0 saturated heterocycles. The monoisotopic (exact) mass is 348 g/mol. The molecule has 0 radical (unpaired) electrons. The molecule has 0 amide bonds. The fraction of sp³-hybridized carbons (Fsp3) is 0.0769. The summed E-state index contributed by atoms with van der Waals surface area (Å²) in [4.78, 5) is 40.8. The van der Waals surface area contributed by atoms with Crippen LogP contribution in [0.5, 0.6) is 0 Å². The molecular weight excluding hydrogens is 340 g/mol. The standard InChI is InChI=1S/C13H8N4O8/c18-14(19)11-8-4-7-10(12(11)15(20)21)13(16(22)23,17(24)25)9-5-2-1-3-6-9/h1-8H. The zero-order chi connectivity index (χ0) is 18.8. The molecule has 0 aromatic heterocycles. The van der Waals surface area contributed by atoms with Crippen LogP contribution >= 0.6 is 0 Å². The van der Waals surface area contributed by atoms with Gasteiger partial charge in [0.05, 0.1) is 9.85 Å². The molecule has 0 spiro atoms. The lowest BCUT2D eigenvalue weighted by atomic mass is 9.90. The van der Waals surface area contributed by atoms with Crippen LogP contribution in [0.2, 0.25) is 0 Å². The maximum Gasteiger partial charge on any atom is 0.517 e. The van der Waals surface area contributed by atoms with Crippen LogP contribution in [0.3, 0.4) is 0 Å². The van der Waals surface area contributed by atoms with E-state index in [1.807, 2.05) is 0 Å². The molecule has 25 heavy (non-hydrogen) atoms. The normalized spacial score (nSPS) is 10.9. The Morgan fingerprint density at radius 1 is 0.680 bits per heavy atom. The SMILES string of the molecule is O=[N+]([O-])c1cccc(C(c2ccccc2)([N+](=O)[O-])[N+](=O)[O-])c1[N+](=O)[O-]. The van der Waals surface area contributed by atoms with Crippen LogP contribution in [0.25, 0.3) is 0 Å². The van der Waals surface area contributed by atoms with Crippen molar-refractivity contribution in [3.63, 3.8) is 0 Å². The van der Waals surface area contributed by atoms with Gasteiger partial charge in [0.1, 0.15) is 15.4 Å². The first-order valence-electron chi connectivity index (χ1n) is 6.51. The summed E-state index contributed by atoms with van der Waals surface area (Å²) in [6.07, 6.45) is 0. The van der Waals surface area contributed by atoms with E-state index in [9.17, 15) is 40.5 Å². The highest BCUT2D eigenvalue weighted by Gasteiger charge is 2.64. The predicted molar refractivity (Wildman–Crippen MR) is 81.0 cm³/mol. The van der Waals surface area contributed by atoms with E-state index in [1.165, 1.54) is 18.2 Å². The number of para-hydroxylation sites is 1. The summed E-state index contributed by atoms with van der Waals surface area (Å²) >= 11 is 0. The second-order valence-corrected chi connectivity index (χ2v) is 4.74. The molecule has 2 rings (SSSR count). The van der Waals surface area contributed by atoms with Crippen molar-refractivity contribution in [1.82, 2.24) is 0 Å². The van der Waals surface area contributed by atoms with Gasteiger partial charge in [0.25, 0.3) is 0 Å². The smallest absolute Gasteiger partial charge is 0.258 e. The third-order valence-corrected chi connectivity index (χ3v) is 3.47. The van der Waals surface area contributed by atoms with Gasteiger partial charge in [0.15, 0.2) is 5.56 Å². The maximum absolute atomic E-state index is 11.7. The van der Waals surface area contributed by atoms with Crippen molar-refractivity contribution in [2.75, 3.05) is 0 Å². The number of benzene rings is 2. The molecule has 2 aromatic rings. The molecule has 0 N–H and O–H groups in total. The molecular formula is C13H8N4O8. The lowest BCUT2D eigenvalue weighted by Crippen LogP contribution is -2.44. The first-order chi connectivity index (χ1) is 11.7.